The zero-order valence-electron chi connectivity index (χ0n) is 25.1. The van der Waals surface area contributed by atoms with Crippen molar-refractivity contribution >= 4 is 41.3 Å². The highest BCUT2D eigenvalue weighted by Crippen LogP contribution is 2.22. The molecule has 9 N–H and O–H groups in total. The van der Waals surface area contributed by atoms with Crippen molar-refractivity contribution in [2.24, 2.45) is 11.5 Å². The summed E-state index contributed by atoms with van der Waals surface area (Å²) in [6, 6.07) is 9.18. The second kappa shape index (κ2) is 18.6. The van der Waals surface area contributed by atoms with Gasteiger partial charge >= 0.3 is 6.18 Å². The summed E-state index contributed by atoms with van der Waals surface area (Å²) in [4.78, 5) is 63.5. The minimum atomic E-state index is -4.66. The van der Waals surface area contributed by atoms with Crippen LogP contribution in [0.15, 0.2) is 54.6 Å². The number of rotatable bonds is 18. The topological polar surface area (TPSA) is 206 Å². The van der Waals surface area contributed by atoms with Gasteiger partial charge < -0.3 is 37.8 Å². The van der Waals surface area contributed by atoms with E-state index < -0.39 is 79.3 Å². The molecular weight excluding hydrogens is 629 g/mol. The average molecular weight is 669 g/mol. The molecule has 252 valence electrons. The van der Waals surface area contributed by atoms with Gasteiger partial charge in [0, 0.05) is 12.8 Å². The lowest BCUT2D eigenvalue weighted by Gasteiger charge is -2.25. The minimum Gasteiger partial charge on any atom is -0.508 e. The molecule has 0 saturated heterocycles. The fourth-order valence-electron chi connectivity index (χ4n) is 4.22. The number of thioether (sulfide) groups is 1. The lowest BCUT2D eigenvalue weighted by molar-refractivity contribution is -0.142. The molecule has 0 aliphatic carbocycles. The van der Waals surface area contributed by atoms with Crippen LogP contribution in [0.25, 0.3) is 0 Å². The molecule has 0 unspecified atom stereocenters. The second-order valence-corrected chi connectivity index (χ2v) is 11.5. The van der Waals surface area contributed by atoms with Crippen LogP contribution in [-0.4, -0.2) is 83.5 Å². The van der Waals surface area contributed by atoms with E-state index in [1.165, 1.54) is 23.9 Å². The van der Waals surface area contributed by atoms with Crippen LogP contribution in [0, 0.1) is 0 Å². The fourth-order valence-corrected chi connectivity index (χ4v) is 4.70. The van der Waals surface area contributed by atoms with E-state index in [0.29, 0.717) is 16.9 Å². The Morgan fingerprint density at radius 1 is 0.804 bits per heavy atom. The first kappa shape index (κ1) is 37.9. The van der Waals surface area contributed by atoms with Crippen LogP contribution in [0.5, 0.6) is 5.75 Å². The van der Waals surface area contributed by atoms with Crippen molar-refractivity contribution in [3.8, 4) is 5.75 Å². The van der Waals surface area contributed by atoms with E-state index >= 15 is 0 Å². The number of benzene rings is 2. The maximum absolute atomic E-state index is 13.3. The van der Waals surface area contributed by atoms with Gasteiger partial charge in [-0.3, -0.25) is 24.0 Å². The molecule has 2 aromatic carbocycles. The number of carbonyl (C=O) groups excluding carboxylic acids is 5. The lowest BCUT2D eigenvalue weighted by Crippen LogP contribution is -2.57. The quantitative estimate of drug-likeness (QED) is 0.120. The van der Waals surface area contributed by atoms with Crippen LogP contribution < -0.4 is 32.7 Å². The first-order valence-corrected chi connectivity index (χ1v) is 15.7. The number of carbonyl (C=O) groups is 5. The standard InChI is InChI=1S/C30H39F3N6O6S/c1-46-14-12-22(26(35)42)38-29(45)24(16-18-5-3-2-4-6-18)39-28(44)23(11-13-30(31,32)33)37-25(41)17-36-27(43)21(34)15-19-7-9-20(40)10-8-19/h2-10,21-24,40H,11-17,34H2,1H3,(H2,35,42)(H,36,43)(H,37,41)(H,38,45)(H,39,44)/t21-,22-,23+,24-/m0/s1. The summed E-state index contributed by atoms with van der Waals surface area (Å²) in [5, 5.41) is 18.8. The van der Waals surface area contributed by atoms with E-state index in [4.69, 9.17) is 11.5 Å². The number of primary amides is 1. The number of amides is 5. The monoisotopic (exact) mass is 668 g/mol. The largest absolute Gasteiger partial charge is 0.508 e. The fraction of sp³-hybridized carbons (Fsp3) is 0.433. The van der Waals surface area contributed by atoms with Gasteiger partial charge in [-0.15, -0.1) is 0 Å². The Kier molecular flexibility index (Phi) is 15.3. The highest BCUT2D eigenvalue weighted by atomic mass is 32.2. The van der Waals surface area contributed by atoms with E-state index in [-0.39, 0.29) is 25.0 Å². The Labute approximate surface area is 268 Å². The smallest absolute Gasteiger partial charge is 0.389 e. The van der Waals surface area contributed by atoms with Gasteiger partial charge in [-0.25, -0.2) is 0 Å². The molecule has 0 saturated carbocycles. The van der Waals surface area contributed by atoms with Crippen LogP contribution in [0.4, 0.5) is 13.2 Å². The summed E-state index contributed by atoms with van der Waals surface area (Å²) >= 11 is 1.42. The molecule has 0 heterocycles. The summed E-state index contributed by atoms with van der Waals surface area (Å²) in [7, 11) is 0. The molecule has 0 bridgehead atoms. The Balaban J connectivity index is 2.14. The Morgan fingerprint density at radius 3 is 1.98 bits per heavy atom. The highest BCUT2D eigenvalue weighted by molar-refractivity contribution is 7.98. The molecule has 0 aromatic heterocycles. The van der Waals surface area contributed by atoms with E-state index in [0.717, 1.165) is 0 Å². The average Bonchev–Trinajstić information content (AvgIpc) is 3.00. The van der Waals surface area contributed by atoms with Crippen molar-refractivity contribution in [3.05, 3.63) is 65.7 Å². The van der Waals surface area contributed by atoms with Crippen molar-refractivity contribution < 1.29 is 42.3 Å². The Hall–Kier alpha value is -4.31. The molecule has 2 rings (SSSR count). The molecule has 0 aliphatic rings. The van der Waals surface area contributed by atoms with Crippen LogP contribution in [-0.2, 0) is 36.8 Å². The molecule has 0 spiro atoms. The molecule has 4 atom stereocenters. The van der Waals surface area contributed by atoms with Crippen LogP contribution in [0.3, 0.4) is 0 Å². The third kappa shape index (κ3) is 14.2. The van der Waals surface area contributed by atoms with Gasteiger partial charge in [0.25, 0.3) is 0 Å². The van der Waals surface area contributed by atoms with Crippen LogP contribution >= 0.6 is 11.8 Å². The highest BCUT2D eigenvalue weighted by Gasteiger charge is 2.33. The summed E-state index contributed by atoms with van der Waals surface area (Å²) in [6.45, 7) is -0.693. The second-order valence-electron chi connectivity index (χ2n) is 10.5. The number of nitrogens with two attached hydrogens (primary N) is 2. The molecule has 12 nitrogen and oxygen atoms in total. The SMILES string of the molecule is CSCC[C@H](NC(=O)[C@H](Cc1ccccc1)NC(=O)[C@@H](CCC(F)(F)F)NC(=O)CNC(=O)[C@@H](N)Cc1ccc(O)cc1)C(N)=O. The zero-order valence-corrected chi connectivity index (χ0v) is 26.0. The normalized spacial score (nSPS) is 13.8. The third-order valence-corrected chi connectivity index (χ3v) is 7.35. The van der Waals surface area contributed by atoms with Crippen molar-refractivity contribution in [3.63, 3.8) is 0 Å². The summed E-state index contributed by atoms with van der Waals surface area (Å²) in [5.41, 5.74) is 12.5. The molecule has 5 amide bonds. The lowest BCUT2D eigenvalue weighted by atomic mass is 10.0. The van der Waals surface area contributed by atoms with E-state index in [1.54, 1.807) is 48.7 Å². The Morgan fingerprint density at radius 2 is 1.39 bits per heavy atom. The predicted octanol–water partition coefficient (Wildman–Crippen LogP) is 0.656. The number of phenolic OH excluding ortho intramolecular Hbond substituents is 1. The van der Waals surface area contributed by atoms with Crippen molar-refractivity contribution in [2.45, 2.75) is 62.4 Å². The van der Waals surface area contributed by atoms with Gasteiger partial charge in [0.1, 0.15) is 23.9 Å². The number of hydrogen-bond acceptors (Lipinski definition) is 8. The van der Waals surface area contributed by atoms with Gasteiger partial charge in [0.05, 0.1) is 12.6 Å². The molecular formula is C30H39F3N6O6S. The maximum Gasteiger partial charge on any atom is 0.389 e. The van der Waals surface area contributed by atoms with Crippen molar-refractivity contribution in [1.29, 1.82) is 0 Å². The van der Waals surface area contributed by atoms with Gasteiger partial charge in [-0.05, 0) is 54.5 Å². The van der Waals surface area contributed by atoms with Crippen molar-refractivity contribution in [1.82, 2.24) is 21.3 Å². The van der Waals surface area contributed by atoms with Crippen LogP contribution in [0.1, 0.15) is 30.4 Å². The molecule has 0 radical (unpaired) electrons. The molecule has 2 aromatic rings. The van der Waals surface area contributed by atoms with E-state index in [2.05, 4.69) is 21.3 Å². The number of aromatic hydroxyl groups is 1. The molecule has 0 aliphatic heterocycles. The van der Waals surface area contributed by atoms with Gasteiger partial charge in [-0.2, -0.15) is 24.9 Å². The predicted molar refractivity (Wildman–Crippen MR) is 166 cm³/mol. The number of hydrogen-bond donors (Lipinski definition) is 7. The van der Waals surface area contributed by atoms with E-state index in [1.807, 2.05) is 0 Å². The number of nitrogens with one attached hydrogen (secondary N) is 4. The zero-order chi connectivity index (χ0) is 34.3. The van der Waals surface area contributed by atoms with Crippen LogP contribution in [0.2, 0.25) is 0 Å². The third-order valence-electron chi connectivity index (χ3n) is 6.71. The van der Waals surface area contributed by atoms with Gasteiger partial charge in [0.15, 0.2) is 0 Å². The van der Waals surface area contributed by atoms with Gasteiger partial charge in [-0.1, -0.05) is 42.5 Å². The first-order valence-electron chi connectivity index (χ1n) is 14.3. The first-order chi connectivity index (χ1) is 21.7. The Bertz CT molecular complexity index is 1320. The molecule has 0 fully saturated rings. The summed E-state index contributed by atoms with van der Waals surface area (Å²) in [5.74, 6) is -3.86. The molecule has 16 heteroatoms. The maximum atomic E-state index is 13.3. The molecule has 46 heavy (non-hydrogen) atoms. The van der Waals surface area contributed by atoms with E-state index in [9.17, 15) is 42.3 Å². The summed E-state index contributed by atoms with van der Waals surface area (Å²) < 4.78 is 39.4. The number of phenols is 1. The van der Waals surface area contributed by atoms with Gasteiger partial charge in [0.2, 0.25) is 29.5 Å². The number of alkyl halides is 3. The summed E-state index contributed by atoms with van der Waals surface area (Å²) in [6.07, 6.45) is -4.94. The minimum absolute atomic E-state index is 0.0237. The van der Waals surface area contributed by atoms with Crippen molar-refractivity contribution in [2.75, 3.05) is 18.6 Å². The number of halogens is 3.